The quantitative estimate of drug-likeness (QED) is 0.855. The number of piperazine rings is 1. The zero-order valence-corrected chi connectivity index (χ0v) is 12.9. The van der Waals surface area contributed by atoms with Crippen LogP contribution in [0.3, 0.4) is 0 Å². The molecule has 1 aliphatic heterocycles. The Morgan fingerprint density at radius 2 is 2.00 bits per heavy atom. The van der Waals surface area contributed by atoms with Crippen LogP contribution in [-0.4, -0.2) is 57.3 Å². The maximum Gasteiger partial charge on any atom is 0.142 e. The minimum absolute atomic E-state index is 0.0761. The number of benzene rings is 1. The maximum atomic E-state index is 9.12. The number of likely N-dealkylation sites (N-methyl/N-ethyl adjacent to an activating group) is 1. The van der Waals surface area contributed by atoms with Gasteiger partial charge in [0.05, 0.1) is 18.9 Å². The lowest BCUT2D eigenvalue weighted by Gasteiger charge is -2.37. The Bertz CT molecular complexity index is 477. The lowest BCUT2D eigenvalue weighted by Crippen LogP contribution is -2.50. The highest BCUT2D eigenvalue weighted by molar-refractivity contribution is 5.58. The normalized spacial score (nSPS) is 17.3. The van der Waals surface area contributed by atoms with E-state index in [-0.39, 0.29) is 6.04 Å². The number of methoxy groups -OCH3 is 1. The van der Waals surface area contributed by atoms with Crippen molar-refractivity contribution in [2.24, 2.45) is 0 Å². The molecule has 1 N–H and O–H groups in total. The van der Waals surface area contributed by atoms with E-state index in [1.807, 2.05) is 25.1 Å². The first-order valence-electron chi connectivity index (χ1n) is 7.51. The predicted molar refractivity (Wildman–Crippen MR) is 84.7 cm³/mol. The van der Waals surface area contributed by atoms with Crippen molar-refractivity contribution in [1.29, 1.82) is 5.26 Å². The van der Waals surface area contributed by atoms with Crippen LogP contribution in [0.15, 0.2) is 24.3 Å². The van der Waals surface area contributed by atoms with E-state index in [4.69, 9.17) is 10.00 Å². The van der Waals surface area contributed by atoms with Gasteiger partial charge >= 0.3 is 0 Å². The van der Waals surface area contributed by atoms with Crippen molar-refractivity contribution in [1.82, 2.24) is 10.2 Å². The number of ether oxygens (including phenoxy) is 1. The van der Waals surface area contributed by atoms with Gasteiger partial charge in [-0.05, 0) is 18.7 Å². The van der Waals surface area contributed by atoms with Gasteiger partial charge in [-0.2, -0.15) is 5.26 Å². The van der Waals surface area contributed by atoms with Gasteiger partial charge in [-0.1, -0.05) is 19.1 Å². The summed E-state index contributed by atoms with van der Waals surface area (Å²) in [5.74, 6) is 0.925. The molecule has 1 saturated heterocycles. The number of anilines is 1. The fraction of sp³-hybridized carbons (Fsp3) is 0.562. The fourth-order valence-electron chi connectivity index (χ4n) is 2.72. The molecule has 114 valence electrons. The van der Waals surface area contributed by atoms with Crippen LogP contribution in [0.4, 0.5) is 5.69 Å². The zero-order chi connectivity index (χ0) is 15.1. The highest BCUT2D eigenvalue weighted by Crippen LogP contribution is 2.28. The van der Waals surface area contributed by atoms with E-state index >= 15 is 0 Å². The Hall–Kier alpha value is -1.77. The van der Waals surface area contributed by atoms with Crippen LogP contribution in [0.25, 0.3) is 0 Å². The molecule has 1 fully saturated rings. The molecule has 1 atom stereocenters. The largest absolute Gasteiger partial charge is 0.495 e. The standard InChI is InChI=1S/C16H24N4O/c1-3-18-14(12-17)13-19-8-10-20(11-9-19)15-6-4-5-7-16(15)21-2/h4-7,14,18H,3,8-11,13H2,1-2H3. The summed E-state index contributed by atoms with van der Waals surface area (Å²) in [7, 11) is 1.71. The van der Waals surface area contributed by atoms with Gasteiger partial charge in [0.25, 0.3) is 0 Å². The fourth-order valence-corrected chi connectivity index (χ4v) is 2.72. The molecule has 1 unspecified atom stereocenters. The molecule has 0 radical (unpaired) electrons. The molecule has 1 aliphatic rings. The third kappa shape index (κ3) is 4.10. The van der Waals surface area contributed by atoms with Gasteiger partial charge in [-0.3, -0.25) is 4.90 Å². The van der Waals surface area contributed by atoms with E-state index in [1.54, 1.807) is 7.11 Å². The smallest absolute Gasteiger partial charge is 0.142 e. The summed E-state index contributed by atoms with van der Waals surface area (Å²) in [6, 6.07) is 10.4. The third-order valence-corrected chi connectivity index (χ3v) is 3.85. The van der Waals surface area contributed by atoms with Crippen molar-refractivity contribution in [3.63, 3.8) is 0 Å². The second kappa shape index (κ2) is 7.87. The summed E-state index contributed by atoms with van der Waals surface area (Å²) < 4.78 is 5.43. The molecule has 5 heteroatoms. The van der Waals surface area contributed by atoms with Gasteiger partial charge in [0, 0.05) is 32.7 Å². The molecule has 0 aliphatic carbocycles. The van der Waals surface area contributed by atoms with E-state index in [1.165, 1.54) is 0 Å². The molecule has 0 amide bonds. The van der Waals surface area contributed by atoms with Gasteiger partial charge < -0.3 is 15.0 Å². The van der Waals surface area contributed by atoms with Gasteiger partial charge in [-0.25, -0.2) is 0 Å². The maximum absolute atomic E-state index is 9.12. The van der Waals surface area contributed by atoms with Crippen LogP contribution in [0.5, 0.6) is 5.75 Å². The number of nitriles is 1. The molecular formula is C16H24N4O. The first-order chi connectivity index (χ1) is 10.3. The van der Waals surface area contributed by atoms with E-state index in [9.17, 15) is 0 Å². The third-order valence-electron chi connectivity index (χ3n) is 3.85. The predicted octanol–water partition coefficient (Wildman–Crippen LogP) is 1.32. The van der Waals surface area contributed by atoms with E-state index in [0.29, 0.717) is 0 Å². The van der Waals surface area contributed by atoms with Crippen LogP contribution in [0.1, 0.15) is 6.92 Å². The number of nitrogens with zero attached hydrogens (tertiary/aromatic N) is 3. The Kier molecular flexibility index (Phi) is 5.85. The van der Waals surface area contributed by atoms with Gasteiger partial charge in [0.15, 0.2) is 0 Å². The first kappa shape index (κ1) is 15.6. The molecule has 0 saturated carbocycles. The zero-order valence-electron chi connectivity index (χ0n) is 12.9. The highest BCUT2D eigenvalue weighted by Gasteiger charge is 2.21. The first-order valence-corrected chi connectivity index (χ1v) is 7.51. The summed E-state index contributed by atoms with van der Waals surface area (Å²) in [5.41, 5.74) is 1.16. The van der Waals surface area contributed by atoms with Crippen molar-refractivity contribution in [3.05, 3.63) is 24.3 Å². The number of hydrogen-bond donors (Lipinski definition) is 1. The second-order valence-electron chi connectivity index (χ2n) is 5.20. The monoisotopic (exact) mass is 288 g/mol. The van der Waals surface area contributed by atoms with Crippen molar-refractivity contribution in [2.75, 3.05) is 51.3 Å². The van der Waals surface area contributed by atoms with E-state index < -0.39 is 0 Å². The van der Waals surface area contributed by atoms with Crippen LogP contribution in [0, 0.1) is 11.3 Å². The Labute approximate surface area is 127 Å². The van der Waals surface area contributed by atoms with Crippen LogP contribution >= 0.6 is 0 Å². The Morgan fingerprint density at radius 1 is 1.29 bits per heavy atom. The van der Waals surface area contributed by atoms with E-state index in [0.717, 1.165) is 50.7 Å². The van der Waals surface area contributed by atoms with Crippen LogP contribution in [0.2, 0.25) is 0 Å². The second-order valence-corrected chi connectivity index (χ2v) is 5.20. The molecule has 1 heterocycles. The summed E-state index contributed by atoms with van der Waals surface area (Å²) in [6.07, 6.45) is 0. The number of rotatable bonds is 6. The lowest BCUT2D eigenvalue weighted by molar-refractivity contribution is 0.243. The van der Waals surface area contributed by atoms with Crippen molar-refractivity contribution < 1.29 is 4.74 Å². The van der Waals surface area contributed by atoms with Crippen LogP contribution < -0.4 is 15.0 Å². The Balaban J connectivity index is 1.90. The molecule has 2 rings (SSSR count). The molecule has 1 aromatic rings. The number of para-hydroxylation sites is 2. The van der Waals surface area contributed by atoms with Crippen molar-refractivity contribution in [3.8, 4) is 11.8 Å². The van der Waals surface area contributed by atoms with E-state index in [2.05, 4.69) is 27.3 Å². The number of hydrogen-bond acceptors (Lipinski definition) is 5. The molecule has 0 spiro atoms. The van der Waals surface area contributed by atoms with Crippen molar-refractivity contribution in [2.45, 2.75) is 13.0 Å². The molecule has 0 bridgehead atoms. The summed E-state index contributed by atoms with van der Waals surface area (Å²) in [5, 5.41) is 12.3. The summed E-state index contributed by atoms with van der Waals surface area (Å²) in [6.45, 7) is 7.53. The minimum Gasteiger partial charge on any atom is -0.495 e. The highest BCUT2D eigenvalue weighted by atomic mass is 16.5. The van der Waals surface area contributed by atoms with Crippen molar-refractivity contribution >= 4 is 5.69 Å². The molecule has 0 aromatic heterocycles. The van der Waals surface area contributed by atoms with Gasteiger partial charge in [0.2, 0.25) is 0 Å². The topological polar surface area (TPSA) is 51.5 Å². The SMILES string of the molecule is CCNC(C#N)CN1CCN(c2ccccc2OC)CC1. The molecular weight excluding hydrogens is 264 g/mol. The molecule has 1 aromatic carbocycles. The molecule has 21 heavy (non-hydrogen) atoms. The number of nitrogens with one attached hydrogen (secondary N) is 1. The molecule has 5 nitrogen and oxygen atoms in total. The summed E-state index contributed by atoms with van der Waals surface area (Å²) >= 11 is 0. The van der Waals surface area contributed by atoms with Crippen LogP contribution in [-0.2, 0) is 0 Å². The van der Waals surface area contributed by atoms with Gasteiger partial charge in [0.1, 0.15) is 11.8 Å². The van der Waals surface area contributed by atoms with Gasteiger partial charge in [-0.15, -0.1) is 0 Å². The lowest BCUT2D eigenvalue weighted by atomic mass is 10.2. The summed E-state index contributed by atoms with van der Waals surface area (Å²) in [4.78, 5) is 4.70. The average molecular weight is 288 g/mol. The minimum atomic E-state index is -0.0761. The average Bonchev–Trinajstić information content (AvgIpc) is 2.55. The Morgan fingerprint density at radius 3 is 2.62 bits per heavy atom.